The molecule has 4 heteroatoms. The van der Waals surface area contributed by atoms with Gasteiger partial charge in [0.2, 0.25) is 0 Å². The van der Waals surface area contributed by atoms with Crippen LogP contribution in [0.1, 0.15) is 6.85 Å². The van der Waals surface area contributed by atoms with Crippen LogP contribution in [0.2, 0.25) is 0 Å². The largest absolute Gasteiger partial charge is 1.00 e. The van der Waals surface area contributed by atoms with Gasteiger partial charge in [0, 0.05) is 0 Å². The van der Waals surface area contributed by atoms with Gasteiger partial charge >= 0.3 is 63.2 Å². The molecular weight excluding hydrogens is 297 g/mol. The van der Waals surface area contributed by atoms with Gasteiger partial charge in [-0.1, -0.05) is 0 Å². The predicted molar refractivity (Wildman–Crippen MR) is 31.8 cm³/mol. The van der Waals surface area contributed by atoms with E-state index in [0.29, 0.717) is 3.58 Å². The van der Waals surface area contributed by atoms with Gasteiger partial charge in [0.1, 0.15) is 0 Å². The Labute approximate surface area is 100 Å². The van der Waals surface area contributed by atoms with E-state index in [2.05, 4.69) is 0 Å². The molecule has 0 aliphatic rings. The van der Waals surface area contributed by atoms with Gasteiger partial charge in [0.05, 0.1) is 0 Å². The minimum absolute atomic E-state index is 0. The first-order chi connectivity index (χ1) is 5.46. The van der Waals surface area contributed by atoms with Gasteiger partial charge in [0.25, 0.3) is 0 Å². The zero-order valence-corrected chi connectivity index (χ0v) is 9.76. The SMILES string of the molecule is [2H]c1c([2H])c([2H])[c]([Sn+3])c([2H])c1[2H].[Cl-].[Cl-].[Cl-]. The van der Waals surface area contributed by atoms with Crippen molar-refractivity contribution in [3.05, 3.63) is 30.2 Å². The third kappa shape index (κ3) is 7.00. The fourth-order valence-corrected chi connectivity index (χ4v) is 0.607. The molecule has 54 valence electrons. The molecular formula is C6H5Cl3Sn. The van der Waals surface area contributed by atoms with Gasteiger partial charge in [-0.15, -0.1) is 0 Å². The van der Waals surface area contributed by atoms with E-state index in [-0.39, 0.29) is 67.4 Å². The van der Waals surface area contributed by atoms with Gasteiger partial charge in [0.15, 0.2) is 0 Å². The van der Waals surface area contributed by atoms with Gasteiger partial charge in [-0.25, -0.2) is 0 Å². The van der Waals surface area contributed by atoms with Gasteiger partial charge < -0.3 is 37.2 Å². The topological polar surface area (TPSA) is 0 Å². The zero-order valence-electron chi connectivity index (χ0n) is 9.63. The van der Waals surface area contributed by atoms with Crippen LogP contribution in [0.15, 0.2) is 30.2 Å². The third-order valence-electron chi connectivity index (χ3n) is 0.500. The van der Waals surface area contributed by atoms with E-state index in [0.717, 1.165) is 22.5 Å². The molecule has 0 spiro atoms. The van der Waals surface area contributed by atoms with Crippen LogP contribution < -0.4 is 40.8 Å². The van der Waals surface area contributed by atoms with Crippen molar-refractivity contribution in [2.75, 3.05) is 0 Å². The van der Waals surface area contributed by atoms with Crippen LogP contribution in [0, 0.1) is 0 Å². The summed E-state index contributed by atoms with van der Waals surface area (Å²) in [7, 11) is 0. The van der Waals surface area contributed by atoms with Gasteiger partial charge in [-0.3, -0.25) is 0 Å². The summed E-state index contributed by atoms with van der Waals surface area (Å²) in [5, 5.41) is 0. The normalized spacial score (nSPS) is 13.2. The molecule has 1 aromatic carbocycles. The van der Waals surface area contributed by atoms with Crippen molar-refractivity contribution in [1.29, 1.82) is 0 Å². The first-order valence-electron chi connectivity index (χ1n) is 4.25. The van der Waals surface area contributed by atoms with Crippen molar-refractivity contribution in [3.8, 4) is 0 Å². The predicted octanol–water partition coefficient (Wildman–Crippen LogP) is -8.51. The quantitative estimate of drug-likeness (QED) is 0.418. The van der Waals surface area contributed by atoms with E-state index in [1.807, 2.05) is 0 Å². The van der Waals surface area contributed by atoms with Crippen molar-refractivity contribution >= 4 is 26.1 Å². The molecule has 0 amide bonds. The summed E-state index contributed by atoms with van der Waals surface area (Å²) in [5.41, 5.74) is 0. The molecule has 0 aromatic heterocycles. The maximum Gasteiger partial charge on any atom is -1.00 e. The molecule has 0 saturated carbocycles. The number of hydrogen-bond acceptors (Lipinski definition) is 0. The van der Waals surface area contributed by atoms with E-state index < -0.39 is 0 Å². The second-order valence-corrected chi connectivity index (χ2v) is 2.43. The first-order valence-corrected chi connectivity index (χ1v) is 3.18. The minimum Gasteiger partial charge on any atom is -1.00 e. The molecule has 0 aliphatic carbocycles. The second kappa shape index (κ2) is 9.89. The number of halogens is 3. The number of rotatable bonds is 0. The van der Waals surface area contributed by atoms with Crippen LogP contribution in [0.4, 0.5) is 0 Å². The molecule has 1 aromatic rings. The summed E-state index contributed by atoms with van der Waals surface area (Å²) >= 11 is 0.841. The summed E-state index contributed by atoms with van der Waals surface area (Å²) in [6, 6.07) is -0.986. The molecule has 0 heterocycles. The molecule has 0 nitrogen and oxygen atoms in total. The van der Waals surface area contributed by atoms with E-state index >= 15 is 0 Å². The van der Waals surface area contributed by atoms with E-state index in [1.54, 1.807) is 0 Å². The molecule has 0 saturated heterocycles. The van der Waals surface area contributed by atoms with Crippen molar-refractivity contribution in [3.63, 3.8) is 0 Å². The van der Waals surface area contributed by atoms with Gasteiger partial charge in [-0.05, 0) is 0 Å². The van der Waals surface area contributed by atoms with Crippen LogP contribution in [-0.4, -0.2) is 22.5 Å². The van der Waals surface area contributed by atoms with Crippen molar-refractivity contribution in [1.82, 2.24) is 0 Å². The molecule has 1 rings (SSSR count). The summed E-state index contributed by atoms with van der Waals surface area (Å²) < 4.78 is 36.8. The summed E-state index contributed by atoms with van der Waals surface area (Å²) in [4.78, 5) is 0. The maximum absolute atomic E-state index is 7.33. The third-order valence-corrected chi connectivity index (χ3v) is 1.21. The van der Waals surface area contributed by atoms with Crippen LogP contribution >= 0.6 is 0 Å². The molecule has 10 heavy (non-hydrogen) atoms. The van der Waals surface area contributed by atoms with Crippen LogP contribution in [-0.2, 0) is 0 Å². The van der Waals surface area contributed by atoms with Crippen molar-refractivity contribution < 1.29 is 44.1 Å². The average molecular weight is 307 g/mol. The van der Waals surface area contributed by atoms with Crippen LogP contribution in [0.25, 0.3) is 0 Å². The smallest absolute Gasteiger partial charge is 1.00 e. The number of benzene rings is 1. The average Bonchev–Trinajstić information content (AvgIpc) is 2.08. The molecule has 0 bridgehead atoms. The molecule has 0 fully saturated rings. The summed E-state index contributed by atoms with van der Waals surface area (Å²) in [5.74, 6) is 0. The summed E-state index contributed by atoms with van der Waals surface area (Å²) in [6.45, 7) is 0. The number of hydrogen-bond donors (Lipinski definition) is 0. The second-order valence-electron chi connectivity index (χ2n) is 1.00. The minimum atomic E-state index is -0.323. The van der Waals surface area contributed by atoms with Crippen molar-refractivity contribution in [2.24, 2.45) is 0 Å². The van der Waals surface area contributed by atoms with Crippen LogP contribution in [0.5, 0.6) is 0 Å². The molecule has 0 aliphatic heterocycles. The fourth-order valence-electron chi connectivity index (χ4n) is 0.250. The fraction of sp³-hybridized carbons (Fsp3) is 0. The monoisotopic (exact) mass is 307 g/mol. The molecule has 0 atom stereocenters. The van der Waals surface area contributed by atoms with Crippen LogP contribution in [0.3, 0.4) is 0 Å². The maximum atomic E-state index is 7.33. The Kier molecular flexibility index (Phi) is 6.34. The zero-order chi connectivity index (χ0) is 9.46. The van der Waals surface area contributed by atoms with Gasteiger partial charge in [-0.2, -0.15) is 0 Å². The molecule has 0 radical (unpaired) electrons. The Balaban J connectivity index is -0.000000480. The first kappa shape index (κ1) is 6.41. The Morgan fingerprint density at radius 1 is 1.00 bits per heavy atom. The van der Waals surface area contributed by atoms with E-state index in [4.69, 9.17) is 6.85 Å². The van der Waals surface area contributed by atoms with E-state index in [1.165, 1.54) is 0 Å². The summed E-state index contributed by atoms with van der Waals surface area (Å²) in [6.07, 6.45) is 0. The standard InChI is InChI=1S/C6H5.3ClH.Sn/c1-2-4-6-5-3-1;;;;/h1-5H;3*1H;/q;;;;+3/p-3/i1D,2D,3D,4D,5D;;;;. The Morgan fingerprint density at radius 3 is 1.80 bits per heavy atom. The van der Waals surface area contributed by atoms with Crippen molar-refractivity contribution in [2.45, 2.75) is 0 Å². The Bertz CT molecular complexity index is 241. The molecule has 0 N–H and O–H groups in total. The Morgan fingerprint density at radius 2 is 1.40 bits per heavy atom. The van der Waals surface area contributed by atoms with E-state index in [9.17, 15) is 0 Å². The molecule has 0 unspecified atom stereocenters. The Hall–Kier alpha value is 0.889.